The van der Waals surface area contributed by atoms with Crippen molar-refractivity contribution in [3.8, 4) is 17.2 Å². The number of rotatable bonds is 10. The van der Waals surface area contributed by atoms with Crippen molar-refractivity contribution in [3.05, 3.63) is 60.7 Å². The van der Waals surface area contributed by atoms with E-state index >= 15 is 0 Å². The second-order valence-electron chi connectivity index (χ2n) is 7.42. The molecule has 0 spiro atoms. The van der Waals surface area contributed by atoms with E-state index in [2.05, 4.69) is 5.32 Å². The maximum absolute atomic E-state index is 12.7. The minimum Gasteiger partial charge on any atom is -0.493 e. The molecule has 0 radical (unpaired) electrons. The predicted molar refractivity (Wildman–Crippen MR) is 129 cm³/mol. The van der Waals surface area contributed by atoms with Crippen molar-refractivity contribution >= 4 is 32.4 Å². The highest BCUT2D eigenvalue weighted by molar-refractivity contribution is 7.92. The Kier molecular flexibility index (Phi) is 7.65. The van der Waals surface area contributed by atoms with E-state index in [1.165, 1.54) is 27.2 Å². The average Bonchev–Trinajstić information content (AvgIpc) is 2.80. The van der Waals surface area contributed by atoms with Crippen molar-refractivity contribution in [1.82, 2.24) is 5.32 Å². The highest BCUT2D eigenvalue weighted by Gasteiger charge is 2.29. The molecule has 1 N–H and O–H groups in total. The number of anilines is 1. The van der Waals surface area contributed by atoms with Crippen LogP contribution in [0, 0.1) is 0 Å². The van der Waals surface area contributed by atoms with Gasteiger partial charge in [0, 0.05) is 6.07 Å². The number of sulfonamides is 1. The van der Waals surface area contributed by atoms with Crippen molar-refractivity contribution in [2.45, 2.75) is 13.0 Å². The highest BCUT2D eigenvalue weighted by atomic mass is 32.2. The smallest absolute Gasteiger partial charge is 0.243 e. The fourth-order valence-electron chi connectivity index (χ4n) is 3.52. The van der Waals surface area contributed by atoms with Gasteiger partial charge in [0.1, 0.15) is 18.4 Å². The molecule has 0 saturated carbocycles. The highest BCUT2D eigenvalue weighted by Crippen LogP contribution is 2.33. The molecule has 1 amide bonds. The molecule has 1 atom stereocenters. The molecule has 0 heterocycles. The lowest BCUT2D eigenvalue weighted by molar-refractivity contribution is -0.121. The Morgan fingerprint density at radius 1 is 0.970 bits per heavy atom. The molecule has 3 aromatic carbocycles. The van der Waals surface area contributed by atoms with Gasteiger partial charge in [-0.2, -0.15) is 0 Å². The fourth-order valence-corrected chi connectivity index (χ4v) is 4.69. The van der Waals surface area contributed by atoms with E-state index in [0.29, 0.717) is 22.9 Å². The Labute approximate surface area is 194 Å². The molecule has 0 fully saturated rings. The third-order valence-corrected chi connectivity index (χ3v) is 6.34. The lowest BCUT2D eigenvalue weighted by atomic mass is 10.1. The fraction of sp³-hybridized carbons (Fsp3) is 0.292. The first-order chi connectivity index (χ1) is 15.7. The van der Waals surface area contributed by atoms with Crippen LogP contribution in [0.4, 0.5) is 5.69 Å². The number of fused-ring (bicyclic) bond motifs is 1. The van der Waals surface area contributed by atoms with Gasteiger partial charge >= 0.3 is 0 Å². The zero-order valence-electron chi connectivity index (χ0n) is 19.1. The maximum atomic E-state index is 12.7. The quantitative estimate of drug-likeness (QED) is 0.456. The molecule has 33 heavy (non-hydrogen) atoms. The molecule has 0 unspecified atom stereocenters. The molecular weight excluding hydrogens is 444 g/mol. The summed E-state index contributed by atoms with van der Waals surface area (Å²) in [5.74, 6) is 1.06. The molecule has 3 aromatic rings. The van der Waals surface area contributed by atoms with Crippen LogP contribution in [0.1, 0.15) is 6.92 Å². The van der Waals surface area contributed by atoms with Crippen LogP contribution in [0.2, 0.25) is 0 Å². The van der Waals surface area contributed by atoms with Crippen LogP contribution >= 0.6 is 0 Å². The van der Waals surface area contributed by atoms with Crippen LogP contribution in [0.5, 0.6) is 17.2 Å². The summed E-state index contributed by atoms with van der Waals surface area (Å²) in [6.45, 7) is 1.99. The van der Waals surface area contributed by atoms with Crippen molar-refractivity contribution in [2.75, 3.05) is 37.9 Å². The van der Waals surface area contributed by atoms with E-state index in [1.807, 2.05) is 42.5 Å². The van der Waals surface area contributed by atoms with Crippen molar-refractivity contribution in [1.29, 1.82) is 0 Å². The van der Waals surface area contributed by atoms with Crippen LogP contribution in [0.15, 0.2) is 60.7 Å². The van der Waals surface area contributed by atoms with Crippen LogP contribution in [0.25, 0.3) is 10.8 Å². The van der Waals surface area contributed by atoms with Gasteiger partial charge in [-0.3, -0.25) is 9.10 Å². The van der Waals surface area contributed by atoms with Crippen LogP contribution in [-0.2, 0) is 14.8 Å². The standard InChI is InChI=1S/C24H28N2O6S/c1-17(26(33(4,28)29)20-10-12-22(30-2)23(16-20)31-3)24(27)25-13-14-32-21-11-9-18-7-5-6-8-19(18)15-21/h5-12,15-17H,13-14H2,1-4H3,(H,25,27)/t17-/m1/s1. The minimum atomic E-state index is -3.76. The van der Waals surface area contributed by atoms with Gasteiger partial charge in [-0.1, -0.05) is 30.3 Å². The Hall–Kier alpha value is -3.46. The van der Waals surface area contributed by atoms with Crippen molar-refractivity contribution in [2.24, 2.45) is 0 Å². The number of carbonyl (C=O) groups excluding carboxylic acids is 1. The van der Waals surface area contributed by atoms with Gasteiger partial charge in [-0.25, -0.2) is 8.42 Å². The monoisotopic (exact) mass is 472 g/mol. The van der Waals surface area contributed by atoms with E-state index in [9.17, 15) is 13.2 Å². The van der Waals surface area contributed by atoms with Crippen molar-refractivity contribution < 1.29 is 27.4 Å². The Balaban J connectivity index is 1.64. The Morgan fingerprint density at radius 2 is 1.67 bits per heavy atom. The molecule has 0 aromatic heterocycles. The molecule has 8 nitrogen and oxygen atoms in total. The number of methoxy groups -OCH3 is 2. The van der Waals surface area contributed by atoms with E-state index < -0.39 is 22.0 Å². The van der Waals surface area contributed by atoms with Gasteiger partial charge in [0.15, 0.2) is 11.5 Å². The first kappa shape index (κ1) is 24.2. The molecule has 9 heteroatoms. The first-order valence-electron chi connectivity index (χ1n) is 10.4. The summed E-state index contributed by atoms with van der Waals surface area (Å²) in [4.78, 5) is 12.7. The van der Waals surface area contributed by atoms with E-state index in [-0.39, 0.29) is 13.2 Å². The normalized spacial score (nSPS) is 12.1. The summed E-state index contributed by atoms with van der Waals surface area (Å²) in [7, 11) is -0.812. The second kappa shape index (κ2) is 10.4. The van der Waals surface area contributed by atoms with Gasteiger partial charge in [0.05, 0.1) is 32.7 Å². The zero-order chi connectivity index (χ0) is 24.0. The summed E-state index contributed by atoms with van der Waals surface area (Å²) < 4.78 is 42.3. The molecule has 0 aliphatic carbocycles. The maximum Gasteiger partial charge on any atom is 0.243 e. The topological polar surface area (TPSA) is 94.2 Å². The number of benzene rings is 3. The number of carbonyl (C=O) groups is 1. The molecule has 3 rings (SSSR count). The van der Waals surface area contributed by atoms with Gasteiger partial charge in [0.2, 0.25) is 15.9 Å². The number of amides is 1. The summed E-state index contributed by atoms with van der Waals surface area (Å²) in [6.07, 6.45) is 1.05. The molecule has 0 saturated heterocycles. The number of nitrogens with one attached hydrogen (secondary N) is 1. The van der Waals surface area contributed by atoms with E-state index in [1.54, 1.807) is 12.1 Å². The molecule has 176 valence electrons. The lowest BCUT2D eigenvalue weighted by Crippen LogP contribution is -2.48. The second-order valence-corrected chi connectivity index (χ2v) is 9.28. The van der Waals surface area contributed by atoms with Crippen LogP contribution < -0.4 is 23.8 Å². The predicted octanol–water partition coefficient (Wildman–Crippen LogP) is 3.21. The van der Waals surface area contributed by atoms with Gasteiger partial charge in [-0.05, 0) is 42.0 Å². The summed E-state index contributed by atoms with van der Waals surface area (Å²) in [5, 5.41) is 4.91. The Morgan fingerprint density at radius 3 is 2.33 bits per heavy atom. The first-order valence-corrected chi connectivity index (χ1v) is 12.2. The number of hydrogen-bond donors (Lipinski definition) is 1. The summed E-state index contributed by atoms with van der Waals surface area (Å²) in [6, 6.07) is 17.4. The number of ether oxygens (including phenoxy) is 3. The van der Waals surface area contributed by atoms with Gasteiger partial charge in [-0.15, -0.1) is 0 Å². The molecule has 0 bridgehead atoms. The SMILES string of the molecule is COc1ccc(N([C@H](C)C(=O)NCCOc2ccc3ccccc3c2)S(C)(=O)=O)cc1OC. The third-order valence-electron chi connectivity index (χ3n) is 5.10. The molecular formula is C24H28N2O6S. The molecule has 0 aliphatic heterocycles. The van der Waals surface area contributed by atoms with Crippen LogP contribution in [0.3, 0.4) is 0 Å². The van der Waals surface area contributed by atoms with E-state index in [4.69, 9.17) is 14.2 Å². The summed E-state index contributed by atoms with van der Waals surface area (Å²) >= 11 is 0. The Bertz CT molecular complexity index is 1230. The average molecular weight is 473 g/mol. The zero-order valence-corrected chi connectivity index (χ0v) is 19.9. The largest absolute Gasteiger partial charge is 0.493 e. The van der Waals surface area contributed by atoms with Gasteiger partial charge < -0.3 is 19.5 Å². The van der Waals surface area contributed by atoms with E-state index in [0.717, 1.165) is 21.3 Å². The summed E-state index contributed by atoms with van der Waals surface area (Å²) in [5.41, 5.74) is 0.296. The lowest BCUT2D eigenvalue weighted by Gasteiger charge is -2.28. The molecule has 0 aliphatic rings. The number of nitrogens with zero attached hydrogens (tertiary/aromatic N) is 1. The van der Waals surface area contributed by atoms with Crippen LogP contribution in [-0.4, -0.2) is 54.0 Å². The number of hydrogen-bond acceptors (Lipinski definition) is 6. The third kappa shape index (κ3) is 5.87. The minimum absolute atomic E-state index is 0.222. The van der Waals surface area contributed by atoms with Crippen molar-refractivity contribution in [3.63, 3.8) is 0 Å². The van der Waals surface area contributed by atoms with Gasteiger partial charge in [0.25, 0.3) is 0 Å².